The molecule has 1 aliphatic carbocycles. The first-order valence-electron chi connectivity index (χ1n) is 7.14. The molecule has 0 aliphatic heterocycles. The maximum atomic E-state index is 5.94. The largest absolute Gasteiger partial charge is 0.491 e. The second-order valence-electron chi connectivity index (χ2n) is 5.80. The molecule has 0 bridgehead atoms. The first-order valence-corrected chi connectivity index (χ1v) is 7.14. The Bertz CT molecular complexity index is 350. The zero-order chi connectivity index (χ0) is 13.0. The van der Waals surface area contributed by atoms with Crippen LogP contribution in [0.1, 0.15) is 45.1 Å². The molecule has 0 radical (unpaired) electrons. The molecule has 2 heteroatoms. The second kappa shape index (κ2) is 6.24. The molecule has 0 spiro atoms. The van der Waals surface area contributed by atoms with Gasteiger partial charge in [0.25, 0.3) is 0 Å². The van der Waals surface area contributed by atoms with E-state index in [2.05, 4.69) is 38.1 Å². The predicted molar refractivity (Wildman–Crippen MR) is 75.8 cm³/mol. The normalized spacial score (nSPS) is 24.2. The summed E-state index contributed by atoms with van der Waals surface area (Å²) in [5.74, 6) is 1.79. The standard InChI is InChI=1S/C16H25NO/c1-12(2)18-16-9-5-14(6-10-16)11-13-3-7-15(17)8-4-13/h5-6,9-10,12-13,15H,3-4,7-8,11,17H2,1-2H3. The van der Waals surface area contributed by atoms with Gasteiger partial charge in [0.15, 0.2) is 0 Å². The van der Waals surface area contributed by atoms with E-state index >= 15 is 0 Å². The molecule has 1 saturated carbocycles. The van der Waals surface area contributed by atoms with Crippen molar-refractivity contribution in [2.45, 2.75) is 58.1 Å². The number of hydrogen-bond acceptors (Lipinski definition) is 2. The monoisotopic (exact) mass is 247 g/mol. The lowest BCUT2D eigenvalue weighted by Gasteiger charge is -2.26. The van der Waals surface area contributed by atoms with Crippen molar-refractivity contribution >= 4 is 0 Å². The van der Waals surface area contributed by atoms with Crippen molar-refractivity contribution in [3.63, 3.8) is 0 Å². The lowest BCUT2D eigenvalue weighted by molar-refractivity contribution is 0.242. The van der Waals surface area contributed by atoms with Crippen LogP contribution in [0.15, 0.2) is 24.3 Å². The van der Waals surface area contributed by atoms with Gasteiger partial charge in [0.1, 0.15) is 5.75 Å². The summed E-state index contributed by atoms with van der Waals surface area (Å²) in [7, 11) is 0. The third-order valence-corrected chi connectivity index (χ3v) is 3.71. The van der Waals surface area contributed by atoms with Crippen molar-refractivity contribution in [1.82, 2.24) is 0 Å². The van der Waals surface area contributed by atoms with E-state index in [-0.39, 0.29) is 6.10 Å². The van der Waals surface area contributed by atoms with Crippen LogP contribution in [-0.2, 0) is 6.42 Å². The Morgan fingerprint density at radius 2 is 1.72 bits per heavy atom. The van der Waals surface area contributed by atoms with Gasteiger partial charge in [-0.1, -0.05) is 12.1 Å². The molecule has 1 aromatic carbocycles. The number of rotatable bonds is 4. The zero-order valence-electron chi connectivity index (χ0n) is 11.6. The van der Waals surface area contributed by atoms with Gasteiger partial charge in [-0.25, -0.2) is 0 Å². The Hall–Kier alpha value is -1.02. The minimum atomic E-state index is 0.246. The Morgan fingerprint density at radius 1 is 1.11 bits per heavy atom. The molecule has 1 aromatic rings. The van der Waals surface area contributed by atoms with E-state index in [1.807, 2.05) is 0 Å². The molecule has 0 atom stereocenters. The highest BCUT2D eigenvalue weighted by atomic mass is 16.5. The van der Waals surface area contributed by atoms with Crippen LogP contribution in [0.3, 0.4) is 0 Å². The molecule has 100 valence electrons. The maximum absolute atomic E-state index is 5.94. The Balaban J connectivity index is 1.86. The average Bonchev–Trinajstić information content (AvgIpc) is 2.34. The van der Waals surface area contributed by atoms with Crippen LogP contribution in [0.25, 0.3) is 0 Å². The molecule has 0 heterocycles. The number of benzene rings is 1. The fourth-order valence-electron chi connectivity index (χ4n) is 2.70. The zero-order valence-corrected chi connectivity index (χ0v) is 11.6. The van der Waals surface area contributed by atoms with Crippen LogP contribution in [0.5, 0.6) is 5.75 Å². The van der Waals surface area contributed by atoms with Gasteiger partial charge < -0.3 is 10.5 Å². The van der Waals surface area contributed by atoms with Gasteiger partial charge in [-0.2, -0.15) is 0 Å². The van der Waals surface area contributed by atoms with Crippen LogP contribution in [0.2, 0.25) is 0 Å². The van der Waals surface area contributed by atoms with Crippen LogP contribution in [-0.4, -0.2) is 12.1 Å². The number of nitrogens with two attached hydrogens (primary N) is 1. The summed E-state index contributed by atoms with van der Waals surface area (Å²) in [6, 6.07) is 9.02. The summed E-state index contributed by atoms with van der Waals surface area (Å²) in [6.07, 6.45) is 6.39. The molecule has 18 heavy (non-hydrogen) atoms. The topological polar surface area (TPSA) is 35.2 Å². The molecular formula is C16H25NO. The molecule has 1 aliphatic rings. The summed E-state index contributed by atoms with van der Waals surface area (Å²) >= 11 is 0. The fourth-order valence-corrected chi connectivity index (χ4v) is 2.70. The van der Waals surface area contributed by atoms with E-state index in [0.29, 0.717) is 6.04 Å². The van der Waals surface area contributed by atoms with E-state index in [0.717, 1.165) is 11.7 Å². The van der Waals surface area contributed by atoms with Crippen molar-refractivity contribution in [2.24, 2.45) is 11.7 Å². The fraction of sp³-hybridized carbons (Fsp3) is 0.625. The molecule has 2 N–H and O–H groups in total. The quantitative estimate of drug-likeness (QED) is 0.883. The van der Waals surface area contributed by atoms with E-state index in [4.69, 9.17) is 10.5 Å². The van der Waals surface area contributed by atoms with E-state index in [9.17, 15) is 0 Å². The number of ether oxygens (including phenoxy) is 1. The highest BCUT2D eigenvalue weighted by Gasteiger charge is 2.18. The van der Waals surface area contributed by atoms with Gasteiger partial charge in [0.2, 0.25) is 0 Å². The van der Waals surface area contributed by atoms with Crippen molar-refractivity contribution < 1.29 is 4.74 Å². The van der Waals surface area contributed by atoms with Crippen LogP contribution < -0.4 is 10.5 Å². The predicted octanol–water partition coefficient (Wildman–Crippen LogP) is 3.53. The van der Waals surface area contributed by atoms with Gasteiger partial charge in [0.05, 0.1) is 6.10 Å². The summed E-state index contributed by atoms with van der Waals surface area (Å²) in [5, 5.41) is 0. The first kappa shape index (κ1) is 13.4. The van der Waals surface area contributed by atoms with E-state index in [1.165, 1.54) is 37.7 Å². The molecule has 0 amide bonds. The first-order chi connectivity index (χ1) is 8.63. The maximum Gasteiger partial charge on any atom is 0.119 e. The van der Waals surface area contributed by atoms with Crippen LogP contribution >= 0.6 is 0 Å². The van der Waals surface area contributed by atoms with Gasteiger partial charge in [0, 0.05) is 6.04 Å². The molecule has 0 aromatic heterocycles. The van der Waals surface area contributed by atoms with Crippen LogP contribution in [0.4, 0.5) is 0 Å². The van der Waals surface area contributed by atoms with Gasteiger partial charge in [-0.05, 0) is 69.6 Å². The van der Waals surface area contributed by atoms with Crippen molar-refractivity contribution in [3.05, 3.63) is 29.8 Å². The van der Waals surface area contributed by atoms with Crippen molar-refractivity contribution in [3.8, 4) is 5.75 Å². The lowest BCUT2D eigenvalue weighted by Crippen LogP contribution is -2.27. The molecule has 1 fully saturated rings. The summed E-state index contributed by atoms with van der Waals surface area (Å²) < 4.78 is 5.66. The van der Waals surface area contributed by atoms with E-state index in [1.54, 1.807) is 0 Å². The second-order valence-corrected chi connectivity index (χ2v) is 5.80. The van der Waals surface area contributed by atoms with E-state index < -0.39 is 0 Å². The van der Waals surface area contributed by atoms with Crippen LogP contribution in [0, 0.1) is 5.92 Å². The molecule has 0 saturated heterocycles. The lowest BCUT2D eigenvalue weighted by atomic mass is 9.83. The average molecular weight is 247 g/mol. The minimum absolute atomic E-state index is 0.246. The molecular weight excluding hydrogens is 222 g/mol. The Kier molecular flexibility index (Phi) is 4.65. The summed E-state index contributed by atoms with van der Waals surface area (Å²) in [6.45, 7) is 4.11. The minimum Gasteiger partial charge on any atom is -0.491 e. The van der Waals surface area contributed by atoms with Crippen molar-refractivity contribution in [2.75, 3.05) is 0 Å². The Labute approximate surface area is 111 Å². The highest BCUT2D eigenvalue weighted by molar-refractivity contribution is 5.27. The number of hydrogen-bond donors (Lipinski definition) is 1. The third-order valence-electron chi connectivity index (χ3n) is 3.71. The Morgan fingerprint density at radius 3 is 2.28 bits per heavy atom. The van der Waals surface area contributed by atoms with Gasteiger partial charge in [-0.15, -0.1) is 0 Å². The highest BCUT2D eigenvalue weighted by Crippen LogP contribution is 2.27. The third kappa shape index (κ3) is 4.02. The van der Waals surface area contributed by atoms with Gasteiger partial charge >= 0.3 is 0 Å². The molecule has 2 nitrogen and oxygen atoms in total. The molecule has 2 rings (SSSR count). The van der Waals surface area contributed by atoms with Gasteiger partial charge in [-0.3, -0.25) is 0 Å². The summed E-state index contributed by atoms with van der Waals surface area (Å²) in [4.78, 5) is 0. The smallest absolute Gasteiger partial charge is 0.119 e. The summed E-state index contributed by atoms with van der Waals surface area (Å²) in [5.41, 5.74) is 7.36. The molecule has 0 unspecified atom stereocenters. The SMILES string of the molecule is CC(C)Oc1ccc(CC2CCC(N)CC2)cc1. The van der Waals surface area contributed by atoms with Crippen molar-refractivity contribution in [1.29, 1.82) is 0 Å².